The second-order valence-corrected chi connectivity index (χ2v) is 6.12. The van der Waals surface area contributed by atoms with Crippen LogP contribution in [0.4, 0.5) is 0 Å². The summed E-state index contributed by atoms with van der Waals surface area (Å²) < 4.78 is 2.21. The molecule has 4 nitrogen and oxygen atoms in total. The van der Waals surface area contributed by atoms with Crippen LogP contribution in [0, 0.1) is 0 Å². The zero-order valence-electron chi connectivity index (χ0n) is 9.63. The molecule has 17 heavy (non-hydrogen) atoms. The number of aliphatic imine (C=N–C) groups is 1. The number of benzene rings is 1. The van der Waals surface area contributed by atoms with Gasteiger partial charge in [-0.05, 0) is 0 Å². The summed E-state index contributed by atoms with van der Waals surface area (Å²) in [6.45, 7) is 2.37. The van der Waals surface area contributed by atoms with Crippen molar-refractivity contribution in [3.8, 4) is 0 Å². The second-order valence-electron chi connectivity index (χ2n) is 3.71. The van der Waals surface area contributed by atoms with Crippen LogP contribution < -0.4 is 5.73 Å². The Kier molecular flexibility index (Phi) is 4.07. The van der Waals surface area contributed by atoms with Gasteiger partial charge in [0.15, 0.2) is 0 Å². The van der Waals surface area contributed by atoms with E-state index in [1.807, 2.05) is 18.2 Å². The molecular weight excluding hydrogens is 279 g/mol. The van der Waals surface area contributed by atoms with Gasteiger partial charge in [0, 0.05) is 0 Å². The molecule has 0 saturated carbocycles. The van der Waals surface area contributed by atoms with Gasteiger partial charge in [0.2, 0.25) is 0 Å². The van der Waals surface area contributed by atoms with Gasteiger partial charge in [0.05, 0.1) is 0 Å². The standard InChI is InChI=1S/C12H14N4Se/c1-9(13)14-8-12-16-15-11(17-12)7-10-5-3-2-4-6-10/h2-6H,7-8H2,1H3,(H2,13,14). The molecule has 2 N–H and O–H groups in total. The molecule has 0 spiro atoms. The van der Waals surface area contributed by atoms with E-state index in [1.165, 1.54) is 5.56 Å². The van der Waals surface area contributed by atoms with Crippen LogP contribution in [0.25, 0.3) is 0 Å². The van der Waals surface area contributed by atoms with Crippen LogP contribution in [0.2, 0.25) is 0 Å². The van der Waals surface area contributed by atoms with Gasteiger partial charge in [-0.2, -0.15) is 0 Å². The summed E-state index contributed by atoms with van der Waals surface area (Å²) in [4.78, 5) is 4.15. The Bertz CT molecular complexity index is 500. The number of rotatable bonds is 4. The van der Waals surface area contributed by atoms with Crippen molar-refractivity contribution < 1.29 is 0 Å². The molecular formula is C12H14N4Se. The third-order valence-corrected chi connectivity index (χ3v) is 4.08. The summed E-state index contributed by atoms with van der Waals surface area (Å²) in [7, 11) is 0. The Balaban J connectivity index is 2.01. The van der Waals surface area contributed by atoms with Gasteiger partial charge in [-0.25, -0.2) is 0 Å². The van der Waals surface area contributed by atoms with Gasteiger partial charge in [0.1, 0.15) is 0 Å². The predicted molar refractivity (Wildman–Crippen MR) is 69.2 cm³/mol. The first-order chi connectivity index (χ1) is 8.24. The van der Waals surface area contributed by atoms with E-state index < -0.39 is 0 Å². The first-order valence-corrected chi connectivity index (χ1v) is 7.07. The maximum absolute atomic E-state index is 5.49. The molecule has 0 amide bonds. The average Bonchev–Trinajstić information content (AvgIpc) is 2.75. The van der Waals surface area contributed by atoms with Crippen LogP contribution >= 0.6 is 0 Å². The van der Waals surface area contributed by atoms with Gasteiger partial charge >= 0.3 is 106 Å². The molecule has 0 fully saturated rings. The first kappa shape index (κ1) is 12.0. The van der Waals surface area contributed by atoms with Crippen LogP contribution in [0.3, 0.4) is 0 Å². The summed E-state index contributed by atoms with van der Waals surface area (Å²) in [6.07, 6.45) is 0.888. The van der Waals surface area contributed by atoms with Gasteiger partial charge < -0.3 is 0 Å². The molecule has 0 bridgehead atoms. The van der Waals surface area contributed by atoms with E-state index in [0.717, 1.165) is 15.6 Å². The van der Waals surface area contributed by atoms with Crippen molar-refractivity contribution in [1.29, 1.82) is 0 Å². The van der Waals surface area contributed by atoms with Gasteiger partial charge in [-0.15, -0.1) is 0 Å². The van der Waals surface area contributed by atoms with Crippen LogP contribution in [-0.2, 0) is 13.0 Å². The molecule has 0 radical (unpaired) electrons. The summed E-state index contributed by atoms with van der Waals surface area (Å²) >= 11 is 0.231. The van der Waals surface area contributed by atoms with E-state index in [2.05, 4.69) is 27.3 Å². The van der Waals surface area contributed by atoms with Crippen LogP contribution in [0.15, 0.2) is 35.3 Å². The summed E-state index contributed by atoms with van der Waals surface area (Å²) in [5.41, 5.74) is 6.77. The van der Waals surface area contributed by atoms with E-state index in [-0.39, 0.29) is 14.5 Å². The Morgan fingerprint density at radius 3 is 2.65 bits per heavy atom. The Morgan fingerprint density at radius 1 is 1.24 bits per heavy atom. The number of aromatic nitrogens is 2. The Hall–Kier alpha value is -1.45. The normalized spacial score (nSPS) is 11.7. The van der Waals surface area contributed by atoms with Crippen LogP contribution in [0.5, 0.6) is 0 Å². The topological polar surface area (TPSA) is 64.2 Å². The van der Waals surface area contributed by atoms with Gasteiger partial charge in [0.25, 0.3) is 0 Å². The van der Waals surface area contributed by atoms with Crippen molar-refractivity contribution in [3.05, 3.63) is 45.0 Å². The fourth-order valence-corrected chi connectivity index (χ4v) is 3.07. The molecule has 0 saturated heterocycles. The summed E-state index contributed by atoms with van der Waals surface area (Å²) in [5, 5.41) is 8.37. The fraction of sp³-hybridized carbons (Fsp3) is 0.250. The molecule has 88 valence electrons. The zero-order chi connectivity index (χ0) is 12.1. The van der Waals surface area contributed by atoms with E-state index in [0.29, 0.717) is 12.4 Å². The average molecular weight is 293 g/mol. The van der Waals surface area contributed by atoms with Crippen LogP contribution in [0.1, 0.15) is 21.6 Å². The molecule has 0 aliphatic carbocycles. The molecule has 0 aliphatic rings. The van der Waals surface area contributed by atoms with E-state index in [1.54, 1.807) is 6.92 Å². The van der Waals surface area contributed by atoms with Crippen LogP contribution in [-0.4, -0.2) is 30.5 Å². The van der Waals surface area contributed by atoms with Crippen molar-refractivity contribution in [2.75, 3.05) is 0 Å². The van der Waals surface area contributed by atoms with Gasteiger partial charge in [-0.1, -0.05) is 0 Å². The van der Waals surface area contributed by atoms with E-state index >= 15 is 0 Å². The van der Waals surface area contributed by atoms with Crippen molar-refractivity contribution >= 4 is 20.3 Å². The molecule has 2 rings (SSSR count). The monoisotopic (exact) mass is 294 g/mol. The van der Waals surface area contributed by atoms with Gasteiger partial charge in [-0.3, -0.25) is 0 Å². The predicted octanol–water partition coefficient (Wildman–Crippen LogP) is 1.00. The Labute approximate surface area is 106 Å². The molecule has 0 unspecified atom stereocenters. The second kappa shape index (κ2) is 5.75. The number of nitrogens with two attached hydrogens (primary N) is 1. The molecule has 2 aromatic rings. The van der Waals surface area contributed by atoms with Crippen molar-refractivity contribution in [2.24, 2.45) is 10.7 Å². The number of hydrogen-bond donors (Lipinski definition) is 1. The summed E-state index contributed by atoms with van der Waals surface area (Å²) in [5.74, 6) is 0.597. The Morgan fingerprint density at radius 2 is 1.94 bits per heavy atom. The SMILES string of the molecule is CC(N)=NCc1nnc(Cc2ccccc2)[se]1. The van der Waals surface area contributed by atoms with E-state index in [9.17, 15) is 0 Å². The van der Waals surface area contributed by atoms with Crippen molar-refractivity contribution in [2.45, 2.75) is 19.9 Å². The molecule has 0 aliphatic heterocycles. The minimum absolute atomic E-state index is 0.231. The minimum atomic E-state index is 0.231. The molecule has 1 heterocycles. The van der Waals surface area contributed by atoms with Crippen molar-refractivity contribution in [3.63, 3.8) is 0 Å². The molecule has 0 atom stereocenters. The number of hydrogen-bond acceptors (Lipinski definition) is 3. The first-order valence-electron chi connectivity index (χ1n) is 5.36. The molecule has 1 aromatic carbocycles. The summed E-state index contributed by atoms with van der Waals surface area (Å²) in [6, 6.07) is 10.3. The zero-order valence-corrected chi connectivity index (χ0v) is 11.3. The molecule has 1 aromatic heterocycles. The third-order valence-electron chi connectivity index (χ3n) is 2.17. The molecule has 5 heteroatoms. The van der Waals surface area contributed by atoms with E-state index in [4.69, 9.17) is 5.73 Å². The maximum atomic E-state index is 5.49. The van der Waals surface area contributed by atoms with Crippen molar-refractivity contribution in [1.82, 2.24) is 10.2 Å². The number of amidine groups is 1. The quantitative estimate of drug-likeness (QED) is 0.519. The third kappa shape index (κ3) is 3.80. The fourth-order valence-electron chi connectivity index (χ4n) is 1.39. The number of nitrogens with zero attached hydrogens (tertiary/aromatic N) is 3.